The van der Waals surface area contributed by atoms with Crippen LogP contribution in [0, 0.1) is 11.6 Å². The highest BCUT2D eigenvalue weighted by Crippen LogP contribution is 2.48. The Bertz CT molecular complexity index is 968. The minimum absolute atomic E-state index is 0.0857. The van der Waals surface area contributed by atoms with Gasteiger partial charge >= 0.3 is 0 Å². The molecule has 1 amide bonds. The average Bonchev–Trinajstić information content (AvgIpc) is 3.11. The predicted molar refractivity (Wildman–Crippen MR) is 119 cm³/mol. The quantitative estimate of drug-likeness (QED) is 0.637. The molecule has 0 bridgehead atoms. The normalized spacial score (nSPS) is 23.4. The third-order valence-corrected chi connectivity index (χ3v) is 6.98. The molecule has 0 aliphatic carbocycles. The van der Waals surface area contributed by atoms with Crippen LogP contribution in [0.15, 0.2) is 42.5 Å². The summed E-state index contributed by atoms with van der Waals surface area (Å²) in [5.41, 5.74) is 3.03. The van der Waals surface area contributed by atoms with E-state index in [0.717, 1.165) is 62.4 Å². The molecule has 2 atom stereocenters. The Balaban J connectivity index is 1.24. The molecule has 0 saturated carbocycles. The molecule has 2 fully saturated rings. The Labute approximate surface area is 187 Å². The van der Waals surface area contributed by atoms with Gasteiger partial charge in [0, 0.05) is 49.5 Å². The van der Waals surface area contributed by atoms with E-state index in [1.165, 1.54) is 18.2 Å². The number of piperidine rings is 1. The van der Waals surface area contributed by atoms with Crippen LogP contribution in [0.3, 0.4) is 0 Å². The zero-order valence-electron chi connectivity index (χ0n) is 18.2. The van der Waals surface area contributed by atoms with Gasteiger partial charge in [-0.1, -0.05) is 0 Å². The molecule has 5 rings (SSSR count). The van der Waals surface area contributed by atoms with E-state index in [-0.39, 0.29) is 36.1 Å². The van der Waals surface area contributed by atoms with Gasteiger partial charge in [0.25, 0.3) is 0 Å². The number of rotatable bonds is 6. The van der Waals surface area contributed by atoms with Crippen molar-refractivity contribution in [1.82, 2.24) is 9.80 Å². The Kier molecular flexibility index (Phi) is 6.11. The van der Waals surface area contributed by atoms with Crippen molar-refractivity contribution < 1.29 is 18.3 Å². The average molecular weight is 442 g/mol. The van der Waals surface area contributed by atoms with Gasteiger partial charge in [-0.2, -0.15) is 0 Å². The first-order chi connectivity index (χ1) is 15.6. The number of ether oxygens (including phenoxy) is 1. The lowest BCUT2D eigenvalue weighted by atomic mass is 9.89. The molecule has 5 nitrogen and oxygen atoms in total. The maximum atomic E-state index is 14.1. The molecule has 2 aromatic carbocycles. The highest BCUT2D eigenvalue weighted by molar-refractivity contribution is 5.78. The Hall–Kier alpha value is -2.51. The van der Waals surface area contributed by atoms with Gasteiger partial charge in [0.05, 0.1) is 6.61 Å². The van der Waals surface area contributed by atoms with E-state index < -0.39 is 0 Å². The van der Waals surface area contributed by atoms with Crippen LogP contribution < -0.4 is 4.90 Å². The number of halogens is 2. The number of hydrogen-bond donors (Lipinski definition) is 0. The maximum Gasteiger partial charge on any atom is 0.248 e. The van der Waals surface area contributed by atoms with Gasteiger partial charge in [0.1, 0.15) is 18.2 Å². The maximum absolute atomic E-state index is 14.1. The summed E-state index contributed by atoms with van der Waals surface area (Å²) < 4.78 is 32.8. The molecule has 0 unspecified atom stereocenters. The largest absolute Gasteiger partial charge is 0.370 e. The van der Waals surface area contributed by atoms with E-state index in [1.807, 2.05) is 23.1 Å². The van der Waals surface area contributed by atoms with Crippen LogP contribution in [0.25, 0.3) is 0 Å². The van der Waals surface area contributed by atoms with Gasteiger partial charge < -0.3 is 19.4 Å². The highest BCUT2D eigenvalue weighted by Gasteiger charge is 2.42. The number of likely N-dealkylation sites (tertiary alicyclic amines) is 1. The minimum Gasteiger partial charge on any atom is -0.370 e. The van der Waals surface area contributed by atoms with Crippen molar-refractivity contribution in [3.8, 4) is 0 Å². The first-order valence-corrected chi connectivity index (χ1v) is 11.5. The summed E-state index contributed by atoms with van der Waals surface area (Å²) >= 11 is 0. The molecule has 3 heterocycles. The summed E-state index contributed by atoms with van der Waals surface area (Å²) in [5, 5.41) is 0. The number of fused-ring (bicyclic) bond motifs is 3. The summed E-state index contributed by atoms with van der Waals surface area (Å²) in [5.74, 6) is -0.156. The van der Waals surface area contributed by atoms with E-state index in [9.17, 15) is 13.6 Å². The molecule has 0 radical (unpaired) electrons. The van der Waals surface area contributed by atoms with Gasteiger partial charge in [-0.15, -0.1) is 0 Å². The summed E-state index contributed by atoms with van der Waals surface area (Å²) in [7, 11) is 0. The van der Waals surface area contributed by atoms with Crippen LogP contribution in [0.5, 0.6) is 0 Å². The lowest BCUT2D eigenvalue weighted by molar-refractivity contribution is -0.142. The molecule has 0 N–H and O–H groups in total. The third kappa shape index (κ3) is 4.24. The molecule has 2 saturated heterocycles. The van der Waals surface area contributed by atoms with Crippen molar-refractivity contribution in [1.29, 1.82) is 0 Å². The van der Waals surface area contributed by atoms with Crippen LogP contribution in [-0.2, 0) is 9.53 Å². The fourth-order valence-corrected chi connectivity index (χ4v) is 5.40. The van der Waals surface area contributed by atoms with Crippen LogP contribution >= 0.6 is 0 Å². The summed E-state index contributed by atoms with van der Waals surface area (Å²) in [6.07, 6.45) is 2.98. The topological polar surface area (TPSA) is 36.0 Å². The number of carbonyl (C=O) groups excluding carboxylic acids is 1. The summed E-state index contributed by atoms with van der Waals surface area (Å²) in [6, 6.07) is 11.9. The lowest BCUT2D eigenvalue weighted by Crippen LogP contribution is -2.45. The minimum atomic E-state index is -0.252. The van der Waals surface area contributed by atoms with E-state index in [2.05, 4.69) is 9.80 Å². The zero-order chi connectivity index (χ0) is 22.1. The second-order valence-electron chi connectivity index (χ2n) is 8.95. The lowest BCUT2D eigenvalue weighted by Gasteiger charge is -2.39. The van der Waals surface area contributed by atoms with Crippen LogP contribution in [-0.4, -0.2) is 67.7 Å². The number of nitrogens with zero attached hydrogens (tertiary/aromatic N) is 3. The fourth-order valence-electron chi connectivity index (χ4n) is 5.40. The molecule has 0 aromatic heterocycles. The number of hydrogen-bond acceptors (Lipinski definition) is 4. The van der Waals surface area contributed by atoms with Gasteiger partial charge in [0.15, 0.2) is 0 Å². The van der Waals surface area contributed by atoms with E-state index >= 15 is 0 Å². The molecule has 2 aromatic rings. The highest BCUT2D eigenvalue weighted by atomic mass is 19.1. The molecule has 0 spiro atoms. The molecular weight excluding hydrogens is 412 g/mol. The first-order valence-electron chi connectivity index (χ1n) is 11.5. The summed E-state index contributed by atoms with van der Waals surface area (Å²) in [6.45, 7) is 5.14. The van der Waals surface area contributed by atoms with Crippen molar-refractivity contribution in [2.45, 2.75) is 31.2 Å². The molecule has 170 valence electrons. The Morgan fingerprint density at radius 2 is 1.75 bits per heavy atom. The van der Waals surface area contributed by atoms with Crippen molar-refractivity contribution >= 4 is 17.3 Å². The predicted octanol–water partition coefficient (Wildman–Crippen LogP) is 3.91. The van der Waals surface area contributed by atoms with Crippen molar-refractivity contribution in [2.75, 3.05) is 50.8 Å². The monoisotopic (exact) mass is 441 g/mol. The van der Waals surface area contributed by atoms with Gasteiger partial charge in [-0.05, 0) is 73.8 Å². The molecule has 3 aliphatic rings. The number of anilines is 2. The molecular formula is C25H29F2N3O2. The molecule has 32 heavy (non-hydrogen) atoms. The molecule has 7 heteroatoms. The third-order valence-electron chi connectivity index (χ3n) is 6.98. The SMILES string of the molecule is O=C1COCCN1CCCCN1CC[C@@H]2[C@@H](C1)c1cc(F)ccc1N2c1ccc(F)cc1. The van der Waals surface area contributed by atoms with Gasteiger partial charge in [-0.25, -0.2) is 8.78 Å². The smallest absolute Gasteiger partial charge is 0.248 e. The Morgan fingerprint density at radius 3 is 2.56 bits per heavy atom. The number of unbranched alkanes of at least 4 members (excludes halogenated alkanes) is 1. The van der Waals surface area contributed by atoms with E-state index in [4.69, 9.17) is 4.74 Å². The second kappa shape index (κ2) is 9.16. The van der Waals surface area contributed by atoms with Crippen LogP contribution in [0.1, 0.15) is 30.7 Å². The summed E-state index contributed by atoms with van der Waals surface area (Å²) in [4.78, 5) is 18.5. The second-order valence-corrected chi connectivity index (χ2v) is 8.95. The van der Waals surface area contributed by atoms with E-state index in [0.29, 0.717) is 13.2 Å². The first kappa shape index (κ1) is 21.3. The van der Waals surface area contributed by atoms with Crippen molar-refractivity contribution in [3.05, 3.63) is 59.7 Å². The number of benzene rings is 2. The van der Waals surface area contributed by atoms with Crippen LogP contribution in [0.4, 0.5) is 20.2 Å². The molecule has 3 aliphatic heterocycles. The van der Waals surface area contributed by atoms with Crippen LogP contribution in [0.2, 0.25) is 0 Å². The van der Waals surface area contributed by atoms with Gasteiger partial charge in [-0.3, -0.25) is 4.79 Å². The van der Waals surface area contributed by atoms with Crippen molar-refractivity contribution in [2.24, 2.45) is 0 Å². The number of amides is 1. The number of carbonyl (C=O) groups is 1. The Morgan fingerprint density at radius 1 is 0.969 bits per heavy atom. The van der Waals surface area contributed by atoms with Gasteiger partial charge in [0.2, 0.25) is 5.91 Å². The standard InChI is InChI=1S/C25H29F2N3O2/c26-18-3-6-20(7-4-18)30-23-8-5-19(27)15-21(23)22-16-28(12-9-24(22)30)10-1-2-11-29-13-14-32-17-25(29)31/h3-8,15,22,24H,1-2,9-14,16-17H2/t22-,24+/m0/s1. The van der Waals surface area contributed by atoms with E-state index in [1.54, 1.807) is 6.07 Å². The number of morpholine rings is 1. The van der Waals surface area contributed by atoms with Crippen molar-refractivity contribution in [3.63, 3.8) is 0 Å². The fraction of sp³-hybridized carbons (Fsp3) is 0.480. The zero-order valence-corrected chi connectivity index (χ0v) is 18.2.